The second-order valence-electron chi connectivity index (χ2n) is 15.3. The summed E-state index contributed by atoms with van der Waals surface area (Å²) in [6.45, 7) is 5.46. The Balaban J connectivity index is 4.31. The fourth-order valence-electron chi connectivity index (χ4n) is 5.60. The molecule has 0 saturated heterocycles. The van der Waals surface area contributed by atoms with E-state index in [0.29, 0.717) is 24.1 Å². The van der Waals surface area contributed by atoms with Crippen molar-refractivity contribution in [3.8, 4) is 0 Å². The molecule has 0 aromatic rings. The fraction of sp³-hybridized carbons (Fsp3) is 0.795. The van der Waals surface area contributed by atoms with Gasteiger partial charge in [0.15, 0.2) is 0 Å². The summed E-state index contributed by atoms with van der Waals surface area (Å²) in [6.07, 6.45) is 44.3. The van der Waals surface area contributed by atoms with E-state index in [0.717, 1.165) is 51.4 Å². The van der Waals surface area contributed by atoms with Gasteiger partial charge in [-0.15, -0.1) is 0 Å². The molecule has 0 spiro atoms. The second-order valence-corrected chi connectivity index (χ2v) is 16.8. The van der Waals surface area contributed by atoms with Gasteiger partial charge < -0.3 is 18.9 Å². The van der Waals surface area contributed by atoms with Crippen LogP contribution < -0.4 is 0 Å². The number of hydrogen-bond donors (Lipinski definition) is 1. The average Bonchev–Trinajstić information content (AvgIpc) is 3.11. The number of carbonyl (C=O) groups is 1. The molecule has 1 N–H and O–H groups in total. The summed E-state index contributed by atoms with van der Waals surface area (Å²) in [6, 6.07) is 0. The van der Waals surface area contributed by atoms with Gasteiger partial charge in [-0.2, -0.15) is 0 Å². The molecule has 310 valence electrons. The van der Waals surface area contributed by atoms with Crippen LogP contribution in [0.3, 0.4) is 0 Å². The predicted molar refractivity (Wildman–Crippen MR) is 224 cm³/mol. The Hall–Kier alpha value is -1.54. The molecule has 9 heteroatoms. The van der Waals surface area contributed by atoms with Gasteiger partial charge in [-0.1, -0.05) is 159 Å². The smallest absolute Gasteiger partial charge is 0.457 e. The second kappa shape index (κ2) is 37.4. The molecule has 8 nitrogen and oxygen atoms in total. The van der Waals surface area contributed by atoms with Gasteiger partial charge in [-0.25, -0.2) is 4.57 Å². The Bertz CT molecular complexity index is 989. The molecule has 2 atom stereocenters. The van der Waals surface area contributed by atoms with Crippen molar-refractivity contribution in [2.75, 3.05) is 54.1 Å². The molecule has 0 heterocycles. The molecule has 0 aliphatic rings. The zero-order valence-corrected chi connectivity index (χ0v) is 35.9. The highest BCUT2D eigenvalue weighted by Crippen LogP contribution is 2.43. The van der Waals surface area contributed by atoms with Crippen LogP contribution in [0.15, 0.2) is 48.6 Å². The van der Waals surface area contributed by atoms with E-state index in [4.69, 9.17) is 18.5 Å². The summed E-state index contributed by atoms with van der Waals surface area (Å²) in [5.41, 5.74) is 0. The zero-order chi connectivity index (χ0) is 39.1. The largest absolute Gasteiger partial charge is 0.472 e. The van der Waals surface area contributed by atoms with Crippen molar-refractivity contribution in [2.45, 2.75) is 174 Å². The highest BCUT2D eigenvalue weighted by atomic mass is 31.2. The minimum Gasteiger partial charge on any atom is -0.457 e. The maximum atomic E-state index is 12.7. The SMILES string of the molecule is CC/C=C\C/C=C\C/C=C\C/C=C\CCCCC(=O)OC(COCCCCCCCCCCCCCCCCCC)COP(=O)(O)OCC[N+](C)(C)C. The monoisotopic (exact) mass is 769 g/mol. The quantitative estimate of drug-likeness (QED) is 0.0219. The number of nitrogens with zero attached hydrogens (tertiary/aromatic N) is 1. The molecule has 0 aromatic carbocycles. The Morgan fingerprint density at radius 2 is 1.09 bits per heavy atom. The number of hydrogen-bond acceptors (Lipinski definition) is 6. The zero-order valence-electron chi connectivity index (χ0n) is 35.0. The first-order valence-electron chi connectivity index (χ1n) is 21.4. The molecule has 0 amide bonds. The van der Waals surface area contributed by atoms with Crippen molar-refractivity contribution in [3.63, 3.8) is 0 Å². The van der Waals surface area contributed by atoms with E-state index in [9.17, 15) is 14.3 Å². The number of unbranched alkanes of at least 4 members (excludes halogenated alkanes) is 17. The Kier molecular flexibility index (Phi) is 36.3. The maximum absolute atomic E-state index is 12.7. The maximum Gasteiger partial charge on any atom is 0.472 e. The third-order valence-corrected chi connectivity index (χ3v) is 9.89. The molecule has 0 aromatic heterocycles. The summed E-state index contributed by atoms with van der Waals surface area (Å²) in [5, 5.41) is 0. The van der Waals surface area contributed by atoms with Crippen molar-refractivity contribution in [3.05, 3.63) is 48.6 Å². The van der Waals surface area contributed by atoms with E-state index in [1.54, 1.807) is 0 Å². The van der Waals surface area contributed by atoms with Crippen LogP contribution in [0.1, 0.15) is 168 Å². The molecule has 0 rings (SSSR count). The average molecular weight is 769 g/mol. The Morgan fingerprint density at radius 3 is 1.60 bits per heavy atom. The van der Waals surface area contributed by atoms with Crippen molar-refractivity contribution >= 4 is 13.8 Å². The third kappa shape index (κ3) is 41.5. The molecule has 0 bridgehead atoms. The van der Waals surface area contributed by atoms with E-state index < -0.39 is 13.9 Å². The van der Waals surface area contributed by atoms with E-state index >= 15 is 0 Å². The number of allylic oxidation sites excluding steroid dienone is 8. The van der Waals surface area contributed by atoms with Crippen LogP contribution in [0.25, 0.3) is 0 Å². The first kappa shape index (κ1) is 51.5. The summed E-state index contributed by atoms with van der Waals surface area (Å²) < 4.78 is 34.9. The predicted octanol–water partition coefficient (Wildman–Crippen LogP) is 12.4. The number of phosphoric acid groups is 1. The van der Waals surface area contributed by atoms with E-state index in [1.807, 2.05) is 21.1 Å². The van der Waals surface area contributed by atoms with Crippen molar-refractivity contribution in [2.24, 2.45) is 0 Å². The van der Waals surface area contributed by atoms with Crippen molar-refractivity contribution in [1.29, 1.82) is 0 Å². The van der Waals surface area contributed by atoms with Gasteiger partial charge in [0.25, 0.3) is 0 Å². The van der Waals surface area contributed by atoms with Gasteiger partial charge in [0, 0.05) is 13.0 Å². The standard InChI is InChI=1S/C44H82NO7P/c1-6-8-10-12-14-16-18-20-22-24-26-28-30-32-34-36-39-49-41-43(42-51-53(47,48)50-40-38-45(3,4)5)52-44(46)37-35-33-31-29-27-25-23-21-19-17-15-13-11-9-7-2/h9,11,15,17,21,23,27,29,43H,6-8,10,12-14,16,18-20,22,24-26,28,30-42H2,1-5H3/p+1/b11-9-,17-15-,23-21-,29-27-. The minimum absolute atomic E-state index is 0.0801. The van der Waals surface area contributed by atoms with E-state index in [2.05, 4.69) is 62.5 Å². The lowest BCUT2D eigenvalue weighted by molar-refractivity contribution is -0.870. The number of quaternary nitrogens is 1. The van der Waals surface area contributed by atoms with E-state index in [-0.39, 0.29) is 32.2 Å². The third-order valence-electron chi connectivity index (χ3n) is 8.90. The minimum atomic E-state index is -4.28. The van der Waals surface area contributed by atoms with Gasteiger partial charge >= 0.3 is 13.8 Å². The normalized spacial score (nSPS) is 14.3. The van der Waals surface area contributed by atoms with Crippen LogP contribution in [0.2, 0.25) is 0 Å². The summed E-state index contributed by atoms with van der Waals surface area (Å²) in [7, 11) is 1.64. The molecule has 53 heavy (non-hydrogen) atoms. The van der Waals surface area contributed by atoms with Crippen LogP contribution >= 0.6 is 7.82 Å². The lowest BCUT2D eigenvalue weighted by Crippen LogP contribution is -2.37. The van der Waals surface area contributed by atoms with Gasteiger partial charge in [0.1, 0.15) is 19.3 Å². The summed E-state index contributed by atoms with van der Waals surface area (Å²) >= 11 is 0. The number of esters is 1. The lowest BCUT2D eigenvalue weighted by atomic mass is 10.0. The summed E-state index contributed by atoms with van der Waals surface area (Å²) in [5.74, 6) is -0.353. The number of likely N-dealkylation sites (N-methyl/N-ethyl adjacent to an activating group) is 1. The fourth-order valence-corrected chi connectivity index (χ4v) is 6.34. The molecule has 0 aliphatic carbocycles. The first-order chi connectivity index (χ1) is 25.6. The topological polar surface area (TPSA) is 91.3 Å². The van der Waals surface area contributed by atoms with Gasteiger partial charge in [-0.3, -0.25) is 13.8 Å². The Labute approximate surface area is 327 Å². The number of carbonyl (C=O) groups excluding carboxylic acids is 1. The van der Waals surface area contributed by atoms with Crippen LogP contribution in [-0.2, 0) is 27.9 Å². The van der Waals surface area contributed by atoms with Gasteiger partial charge in [0.2, 0.25) is 0 Å². The van der Waals surface area contributed by atoms with Crippen molar-refractivity contribution in [1.82, 2.24) is 0 Å². The van der Waals surface area contributed by atoms with Crippen molar-refractivity contribution < 1.29 is 37.3 Å². The van der Waals surface area contributed by atoms with E-state index in [1.165, 1.54) is 89.9 Å². The Morgan fingerprint density at radius 1 is 0.604 bits per heavy atom. The molecule has 2 unspecified atom stereocenters. The molecular formula is C44H83NO7P+. The molecule has 0 saturated carbocycles. The van der Waals surface area contributed by atoms with Gasteiger partial charge in [-0.05, 0) is 51.4 Å². The van der Waals surface area contributed by atoms with Crippen LogP contribution in [0.5, 0.6) is 0 Å². The lowest BCUT2D eigenvalue weighted by Gasteiger charge is -2.24. The molecule has 0 aliphatic heterocycles. The van der Waals surface area contributed by atoms with Gasteiger partial charge in [0.05, 0.1) is 34.4 Å². The highest BCUT2D eigenvalue weighted by Gasteiger charge is 2.26. The first-order valence-corrected chi connectivity index (χ1v) is 22.9. The molecule has 0 radical (unpaired) electrons. The highest BCUT2D eigenvalue weighted by molar-refractivity contribution is 7.47. The molecule has 0 fully saturated rings. The van der Waals surface area contributed by atoms with Crippen LogP contribution in [0.4, 0.5) is 0 Å². The summed E-state index contributed by atoms with van der Waals surface area (Å²) in [4.78, 5) is 22.8. The number of ether oxygens (including phenoxy) is 2. The number of rotatable bonds is 39. The molecular weight excluding hydrogens is 685 g/mol. The number of phosphoric ester groups is 1. The van der Waals surface area contributed by atoms with Crippen LogP contribution in [0, 0.1) is 0 Å². The van der Waals surface area contributed by atoms with Crippen LogP contribution in [-0.4, -0.2) is 75.6 Å².